The van der Waals surface area contributed by atoms with E-state index in [1.807, 2.05) is 73.8 Å². The molecule has 0 saturated carbocycles. The van der Waals surface area contributed by atoms with Gasteiger partial charge in [-0.3, -0.25) is 0 Å². The molecular formula is C20H15BrN2. The van der Waals surface area contributed by atoms with Gasteiger partial charge in [-0.15, -0.1) is 0 Å². The number of nitriles is 1. The summed E-state index contributed by atoms with van der Waals surface area (Å²) in [6, 6.07) is 22.4. The quantitative estimate of drug-likeness (QED) is 0.556. The lowest BCUT2D eigenvalue weighted by Crippen LogP contribution is -1.95. The summed E-state index contributed by atoms with van der Waals surface area (Å²) in [6.45, 7) is 2.04. The Morgan fingerprint density at radius 2 is 1.87 bits per heavy atom. The molecule has 112 valence electrons. The normalized spacial score (nSPS) is 11.3. The Bertz CT molecular complexity index is 896. The molecule has 0 amide bonds. The summed E-state index contributed by atoms with van der Waals surface area (Å²) in [5, 5.41) is 9.52. The Labute approximate surface area is 144 Å². The average Bonchev–Trinajstić information content (AvgIpc) is 3.02. The third kappa shape index (κ3) is 3.44. The van der Waals surface area contributed by atoms with E-state index in [2.05, 4.69) is 32.6 Å². The van der Waals surface area contributed by atoms with Gasteiger partial charge in [0.05, 0.1) is 11.6 Å². The molecule has 23 heavy (non-hydrogen) atoms. The van der Waals surface area contributed by atoms with Gasteiger partial charge in [0.1, 0.15) is 0 Å². The largest absolute Gasteiger partial charge is 0.317 e. The third-order valence-corrected chi connectivity index (χ3v) is 4.14. The van der Waals surface area contributed by atoms with Crippen LogP contribution in [0.5, 0.6) is 0 Å². The monoisotopic (exact) mass is 362 g/mol. The summed E-state index contributed by atoms with van der Waals surface area (Å²) in [5.41, 5.74) is 4.79. The summed E-state index contributed by atoms with van der Waals surface area (Å²) >= 11 is 3.50. The van der Waals surface area contributed by atoms with Crippen molar-refractivity contribution in [1.29, 1.82) is 5.26 Å². The molecular weight excluding hydrogens is 348 g/mol. The second kappa shape index (κ2) is 6.68. The van der Waals surface area contributed by atoms with Gasteiger partial charge in [0, 0.05) is 22.1 Å². The molecule has 3 rings (SSSR count). The maximum absolute atomic E-state index is 9.52. The minimum atomic E-state index is 0.653. The predicted molar refractivity (Wildman–Crippen MR) is 98.1 cm³/mol. The van der Waals surface area contributed by atoms with Gasteiger partial charge in [0.25, 0.3) is 0 Å². The van der Waals surface area contributed by atoms with Gasteiger partial charge in [-0.05, 0) is 48.9 Å². The first-order valence-electron chi connectivity index (χ1n) is 7.29. The van der Waals surface area contributed by atoms with Gasteiger partial charge in [-0.1, -0.05) is 51.8 Å². The highest BCUT2D eigenvalue weighted by Gasteiger charge is 2.05. The molecule has 0 atom stereocenters. The fourth-order valence-corrected chi connectivity index (χ4v) is 2.82. The minimum Gasteiger partial charge on any atom is -0.317 e. The summed E-state index contributed by atoms with van der Waals surface area (Å²) < 4.78 is 3.09. The number of aryl methyl sites for hydroxylation is 1. The molecule has 0 aliphatic rings. The van der Waals surface area contributed by atoms with E-state index in [0.29, 0.717) is 5.57 Å². The molecule has 1 aromatic heterocycles. The van der Waals surface area contributed by atoms with Gasteiger partial charge >= 0.3 is 0 Å². The van der Waals surface area contributed by atoms with Crippen molar-refractivity contribution in [3.8, 4) is 11.8 Å². The van der Waals surface area contributed by atoms with Gasteiger partial charge < -0.3 is 4.57 Å². The SMILES string of the molecule is Cc1ccc(/C(C#N)=C\c2cccn2-c2cccc(Br)c2)cc1. The number of halogens is 1. The van der Waals surface area contributed by atoms with Crippen molar-refractivity contribution in [2.75, 3.05) is 0 Å². The van der Waals surface area contributed by atoms with Crippen molar-refractivity contribution in [1.82, 2.24) is 4.57 Å². The molecule has 2 aromatic carbocycles. The highest BCUT2D eigenvalue weighted by atomic mass is 79.9. The van der Waals surface area contributed by atoms with Crippen LogP contribution in [0.4, 0.5) is 0 Å². The Morgan fingerprint density at radius 3 is 2.57 bits per heavy atom. The topological polar surface area (TPSA) is 28.7 Å². The summed E-state index contributed by atoms with van der Waals surface area (Å²) in [7, 11) is 0. The number of aromatic nitrogens is 1. The zero-order valence-corrected chi connectivity index (χ0v) is 14.3. The zero-order valence-electron chi connectivity index (χ0n) is 12.7. The summed E-state index contributed by atoms with van der Waals surface area (Å²) in [6.07, 6.45) is 3.92. The number of nitrogens with zero attached hydrogens (tertiary/aromatic N) is 2. The van der Waals surface area contributed by atoms with E-state index in [1.54, 1.807) is 0 Å². The Hall–Kier alpha value is -2.57. The van der Waals surface area contributed by atoms with E-state index >= 15 is 0 Å². The standard InChI is InChI=1S/C20H15BrN2/c1-15-7-9-16(10-8-15)17(14-22)12-19-6-3-11-23(19)20-5-2-4-18(21)13-20/h2-13H,1H3/b17-12-. The van der Waals surface area contributed by atoms with Crippen LogP contribution < -0.4 is 0 Å². The smallest absolute Gasteiger partial charge is 0.0998 e. The van der Waals surface area contributed by atoms with Gasteiger partial charge in [-0.25, -0.2) is 0 Å². The highest BCUT2D eigenvalue weighted by molar-refractivity contribution is 9.10. The van der Waals surface area contributed by atoms with E-state index in [-0.39, 0.29) is 0 Å². The summed E-state index contributed by atoms with van der Waals surface area (Å²) in [4.78, 5) is 0. The third-order valence-electron chi connectivity index (χ3n) is 3.64. The number of rotatable bonds is 3. The molecule has 0 aliphatic carbocycles. The van der Waals surface area contributed by atoms with E-state index in [1.165, 1.54) is 5.56 Å². The molecule has 0 fully saturated rings. The van der Waals surface area contributed by atoms with E-state index in [0.717, 1.165) is 21.4 Å². The highest BCUT2D eigenvalue weighted by Crippen LogP contribution is 2.22. The number of allylic oxidation sites excluding steroid dienone is 1. The van der Waals surface area contributed by atoms with Crippen LogP contribution in [0.3, 0.4) is 0 Å². The molecule has 2 nitrogen and oxygen atoms in total. The van der Waals surface area contributed by atoms with E-state index in [4.69, 9.17) is 0 Å². The van der Waals surface area contributed by atoms with Crippen molar-refractivity contribution >= 4 is 27.6 Å². The predicted octanol–water partition coefficient (Wildman–Crippen LogP) is 5.61. The van der Waals surface area contributed by atoms with Crippen LogP contribution >= 0.6 is 15.9 Å². The molecule has 3 aromatic rings. The fourth-order valence-electron chi connectivity index (χ4n) is 2.43. The van der Waals surface area contributed by atoms with Crippen LogP contribution in [0.25, 0.3) is 17.3 Å². The first-order chi connectivity index (χ1) is 11.2. The second-order valence-corrected chi connectivity index (χ2v) is 6.23. The molecule has 0 N–H and O–H groups in total. The lowest BCUT2D eigenvalue weighted by atomic mass is 10.0. The molecule has 0 spiro atoms. The number of hydrogen-bond donors (Lipinski definition) is 0. The number of benzene rings is 2. The van der Waals surface area contributed by atoms with Crippen molar-refractivity contribution < 1.29 is 0 Å². The van der Waals surface area contributed by atoms with Crippen LogP contribution in [0.1, 0.15) is 16.8 Å². The van der Waals surface area contributed by atoms with Crippen LogP contribution in [-0.4, -0.2) is 4.57 Å². The van der Waals surface area contributed by atoms with Crippen LogP contribution in [0, 0.1) is 18.3 Å². The number of hydrogen-bond acceptors (Lipinski definition) is 1. The Morgan fingerprint density at radius 1 is 1.09 bits per heavy atom. The minimum absolute atomic E-state index is 0.653. The molecule has 0 saturated heterocycles. The lowest BCUT2D eigenvalue weighted by Gasteiger charge is -2.08. The molecule has 0 bridgehead atoms. The lowest BCUT2D eigenvalue weighted by molar-refractivity contribution is 1.06. The Balaban J connectivity index is 2.04. The van der Waals surface area contributed by atoms with E-state index < -0.39 is 0 Å². The maximum Gasteiger partial charge on any atom is 0.0998 e. The Kier molecular flexibility index (Phi) is 4.45. The van der Waals surface area contributed by atoms with Crippen LogP contribution in [-0.2, 0) is 0 Å². The van der Waals surface area contributed by atoms with Crippen molar-refractivity contribution in [2.45, 2.75) is 6.92 Å². The second-order valence-electron chi connectivity index (χ2n) is 5.32. The first-order valence-corrected chi connectivity index (χ1v) is 8.09. The molecule has 0 unspecified atom stereocenters. The molecule has 1 heterocycles. The van der Waals surface area contributed by atoms with Gasteiger partial charge in [0.2, 0.25) is 0 Å². The fraction of sp³-hybridized carbons (Fsp3) is 0.0500. The van der Waals surface area contributed by atoms with Crippen molar-refractivity contribution in [3.63, 3.8) is 0 Å². The molecule has 0 aliphatic heterocycles. The first kappa shape index (κ1) is 15.3. The average molecular weight is 363 g/mol. The van der Waals surface area contributed by atoms with E-state index in [9.17, 15) is 5.26 Å². The van der Waals surface area contributed by atoms with Crippen molar-refractivity contribution in [3.05, 3.63) is 88.2 Å². The van der Waals surface area contributed by atoms with Gasteiger partial charge in [-0.2, -0.15) is 5.26 Å². The summed E-state index contributed by atoms with van der Waals surface area (Å²) in [5.74, 6) is 0. The van der Waals surface area contributed by atoms with Crippen molar-refractivity contribution in [2.24, 2.45) is 0 Å². The van der Waals surface area contributed by atoms with Crippen LogP contribution in [0.2, 0.25) is 0 Å². The maximum atomic E-state index is 9.52. The van der Waals surface area contributed by atoms with Gasteiger partial charge in [0.15, 0.2) is 0 Å². The molecule has 0 radical (unpaired) electrons. The van der Waals surface area contributed by atoms with Crippen LogP contribution in [0.15, 0.2) is 71.3 Å². The zero-order chi connectivity index (χ0) is 16.2. The molecule has 3 heteroatoms.